The molecule has 0 atom stereocenters. The second kappa shape index (κ2) is 5.42. The van der Waals surface area contributed by atoms with Crippen molar-refractivity contribution in [3.8, 4) is 11.1 Å². The van der Waals surface area contributed by atoms with E-state index >= 15 is 0 Å². The monoisotopic (exact) mass is 319 g/mol. The molecular weight excluding hydrogens is 302 g/mol. The van der Waals surface area contributed by atoms with Crippen LogP contribution < -0.4 is 0 Å². The summed E-state index contributed by atoms with van der Waals surface area (Å²) in [5.74, 6) is -0.944. The molecule has 1 aromatic heterocycles. The molecule has 24 heavy (non-hydrogen) atoms. The summed E-state index contributed by atoms with van der Waals surface area (Å²) in [7, 11) is 0. The molecule has 4 nitrogen and oxygen atoms in total. The van der Waals surface area contributed by atoms with Crippen molar-refractivity contribution in [3.05, 3.63) is 66.0 Å². The smallest absolute Gasteiger partial charge is 0.335 e. The lowest BCUT2D eigenvalue weighted by atomic mass is 9.75. The van der Waals surface area contributed by atoms with Gasteiger partial charge in [-0.3, -0.25) is 4.98 Å². The van der Waals surface area contributed by atoms with Gasteiger partial charge in [-0.25, -0.2) is 4.79 Å². The third-order valence-corrected chi connectivity index (χ3v) is 4.92. The van der Waals surface area contributed by atoms with Gasteiger partial charge in [0.15, 0.2) is 0 Å². The number of aliphatic hydroxyl groups is 1. The zero-order chi connectivity index (χ0) is 16.7. The molecule has 120 valence electrons. The summed E-state index contributed by atoms with van der Waals surface area (Å²) in [4.78, 5) is 15.4. The number of fused-ring (bicyclic) bond motifs is 1. The van der Waals surface area contributed by atoms with Gasteiger partial charge in [0.25, 0.3) is 0 Å². The number of aromatic nitrogens is 1. The largest absolute Gasteiger partial charge is 0.478 e. The Morgan fingerprint density at radius 3 is 2.42 bits per heavy atom. The molecule has 2 N–H and O–H groups in total. The lowest BCUT2D eigenvalue weighted by Gasteiger charge is -2.37. The lowest BCUT2D eigenvalue weighted by Crippen LogP contribution is -2.33. The Balaban J connectivity index is 1.77. The number of hydrogen-bond donors (Lipinski definition) is 2. The molecule has 1 heterocycles. The van der Waals surface area contributed by atoms with Crippen LogP contribution in [0.25, 0.3) is 21.9 Å². The van der Waals surface area contributed by atoms with E-state index in [4.69, 9.17) is 5.11 Å². The van der Waals surface area contributed by atoms with Gasteiger partial charge in [-0.1, -0.05) is 30.3 Å². The maximum absolute atomic E-state index is 11.1. The summed E-state index contributed by atoms with van der Waals surface area (Å²) in [6, 6.07) is 13.0. The van der Waals surface area contributed by atoms with Crippen molar-refractivity contribution in [1.29, 1.82) is 0 Å². The zero-order valence-corrected chi connectivity index (χ0v) is 13.1. The van der Waals surface area contributed by atoms with E-state index < -0.39 is 11.6 Å². The van der Waals surface area contributed by atoms with E-state index in [9.17, 15) is 9.90 Å². The molecule has 0 amide bonds. The van der Waals surface area contributed by atoms with Crippen LogP contribution in [0, 0.1) is 0 Å². The molecule has 2 aromatic carbocycles. The fourth-order valence-electron chi connectivity index (χ4n) is 3.30. The number of rotatable bonds is 3. The maximum Gasteiger partial charge on any atom is 0.335 e. The van der Waals surface area contributed by atoms with Gasteiger partial charge in [0.1, 0.15) is 0 Å². The van der Waals surface area contributed by atoms with Crippen LogP contribution in [0.15, 0.2) is 54.9 Å². The van der Waals surface area contributed by atoms with Crippen molar-refractivity contribution >= 4 is 16.7 Å². The molecule has 4 rings (SSSR count). The number of pyridine rings is 1. The van der Waals surface area contributed by atoms with Crippen molar-refractivity contribution in [3.63, 3.8) is 0 Å². The van der Waals surface area contributed by atoms with Crippen molar-refractivity contribution in [2.75, 3.05) is 0 Å². The van der Waals surface area contributed by atoms with Gasteiger partial charge in [0.05, 0.1) is 11.2 Å². The van der Waals surface area contributed by atoms with Gasteiger partial charge in [-0.15, -0.1) is 0 Å². The average Bonchev–Trinajstić information content (AvgIpc) is 2.58. The first kappa shape index (κ1) is 14.8. The SMILES string of the molecule is O=C(O)c1ccc2c(-c3ccc(C4(O)CCC4)cc3)cncc2c1. The third kappa shape index (κ3) is 2.36. The Kier molecular flexibility index (Phi) is 3.36. The summed E-state index contributed by atoms with van der Waals surface area (Å²) >= 11 is 0. The molecule has 0 spiro atoms. The number of carbonyl (C=O) groups is 1. The van der Waals surface area contributed by atoms with E-state index in [0.717, 1.165) is 46.7 Å². The van der Waals surface area contributed by atoms with Gasteiger partial charge in [-0.05, 0) is 47.9 Å². The molecule has 0 saturated heterocycles. The first-order chi connectivity index (χ1) is 11.6. The molecule has 0 bridgehead atoms. The van der Waals surface area contributed by atoms with Crippen LogP contribution in [0.2, 0.25) is 0 Å². The molecule has 1 aliphatic rings. The van der Waals surface area contributed by atoms with E-state index in [1.165, 1.54) is 0 Å². The van der Waals surface area contributed by atoms with E-state index in [1.54, 1.807) is 24.5 Å². The topological polar surface area (TPSA) is 70.4 Å². The van der Waals surface area contributed by atoms with Crippen LogP contribution in [-0.4, -0.2) is 21.2 Å². The van der Waals surface area contributed by atoms with Crippen LogP contribution in [0.4, 0.5) is 0 Å². The predicted octanol–water partition coefficient (Wildman–Crippen LogP) is 3.97. The van der Waals surface area contributed by atoms with Crippen LogP contribution in [0.5, 0.6) is 0 Å². The van der Waals surface area contributed by atoms with E-state index in [-0.39, 0.29) is 5.56 Å². The summed E-state index contributed by atoms with van der Waals surface area (Å²) in [5, 5.41) is 21.3. The zero-order valence-electron chi connectivity index (χ0n) is 13.1. The lowest BCUT2D eigenvalue weighted by molar-refractivity contribution is -0.0387. The van der Waals surface area contributed by atoms with Crippen LogP contribution >= 0.6 is 0 Å². The van der Waals surface area contributed by atoms with Crippen molar-refractivity contribution in [1.82, 2.24) is 4.98 Å². The average molecular weight is 319 g/mol. The summed E-state index contributed by atoms with van der Waals surface area (Å²) < 4.78 is 0. The number of aromatic carboxylic acids is 1. The van der Waals surface area contributed by atoms with Gasteiger partial charge < -0.3 is 10.2 Å². The number of hydrogen-bond acceptors (Lipinski definition) is 3. The van der Waals surface area contributed by atoms with Crippen LogP contribution in [-0.2, 0) is 5.60 Å². The second-order valence-corrected chi connectivity index (χ2v) is 6.39. The minimum Gasteiger partial charge on any atom is -0.478 e. The highest BCUT2D eigenvalue weighted by Crippen LogP contribution is 2.41. The van der Waals surface area contributed by atoms with Gasteiger partial charge in [0, 0.05) is 23.3 Å². The van der Waals surface area contributed by atoms with Crippen LogP contribution in [0.3, 0.4) is 0 Å². The Labute approximate surface area is 139 Å². The van der Waals surface area contributed by atoms with E-state index in [2.05, 4.69) is 4.98 Å². The van der Waals surface area contributed by atoms with Crippen molar-refractivity contribution in [2.45, 2.75) is 24.9 Å². The molecular formula is C20H17NO3. The number of benzene rings is 2. The summed E-state index contributed by atoms with van der Waals surface area (Å²) in [6.45, 7) is 0. The molecule has 4 heteroatoms. The predicted molar refractivity (Wildman–Crippen MR) is 91.9 cm³/mol. The van der Waals surface area contributed by atoms with Crippen molar-refractivity contribution in [2.24, 2.45) is 0 Å². The summed E-state index contributed by atoms with van der Waals surface area (Å²) in [6.07, 6.45) is 6.17. The quantitative estimate of drug-likeness (QED) is 0.766. The van der Waals surface area contributed by atoms with Crippen LogP contribution in [0.1, 0.15) is 35.2 Å². The highest BCUT2D eigenvalue weighted by atomic mass is 16.4. The molecule has 0 aliphatic heterocycles. The first-order valence-corrected chi connectivity index (χ1v) is 8.01. The standard InChI is InChI=1S/C20H17NO3/c22-19(23)14-4-7-17-15(10-14)11-21-12-18(17)13-2-5-16(6-3-13)20(24)8-1-9-20/h2-7,10-12,24H,1,8-9H2,(H,22,23). The molecule has 3 aromatic rings. The Morgan fingerprint density at radius 2 is 1.79 bits per heavy atom. The maximum atomic E-state index is 11.1. The molecule has 0 unspecified atom stereocenters. The summed E-state index contributed by atoms with van der Waals surface area (Å²) in [5.41, 5.74) is 2.51. The minimum atomic E-state index is -0.944. The molecule has 1 fully saturated rings. The molecule has 1 aliphatic carbocycles. The third-order valence-electron chi connectivity index (χ3n) is 4.92. The number of nitrogens with zero attached hydrogens (tertiary/aromatic N) is 1. The fourth-order valence-corrected chi connectivity index (χ4v) is 3.30. The highest BCUT2D eigenvalue weighted by molar-refractivity contribution is 6.00. The number of carboxylic acids is 1. The Morgan fingerprint density at radius 1 is 1.04 bits per heavy atom. The second-order valence-electron chi connectivity index (χ2n) is 6.39. The normalized spacial score (nSPS) is 15.9. The number of carboxylic acid groups (broad SMARTS) is 1. The Bertz CT molecular complexity index is 927. The van der Waals surface area contributed by atoms with Crippen molar-refractivity contribution < 1.29 is 15.0 Å². The van der Waals surface area contributed by atoms with Gasteiger partial charge >= 0.3 is 5.97 Å². The van der Waals surface area contributed by atoms with Gasteiger partial charge in [0.2, 0.25) is 0 Å². The fraction of sp³-hybridized carbons (Fsp3) is 0.200. The minimum absolute atomic E-state index is 0.254. The highest BCUT2D eigenvalue weighted by Gasteiger charge is 2.35. The first-order valence-electron chi connectivity index (χ1n) is 8.01. The van der Waals surface area contributed by atoms with Gasteiger partial charge in [-0.2, -0.15) is 0 Å². The van der Waals surface area contributed by atoms with E-state index in [0.29, 0.717) is 0 Å². The molecule has 1 saturated carbocycles. The van der Waals surface area contributed by atoms with E-state index in [1.807, 2.05) is 30.3 Å². The Hall–Kier alpha value is -2.72. The molecule has 0 radical (unpaired) electrons.